The van der Waals surface area contributed by atoms with Gasteiger partial charge in [-0.15, -0.1) is 11.6 Å². The van der Waals surface area contributed by atoms with Gasteiger partial charge in [0, 0.05) is 12.2 Å². The Morgan fingerprint density at radius 2 is 2.18 bits per heavy atom. The molecule has 0 unspecified atom stereocenters. The number of pyridine rings is 1. The Balaban J connectivity index is 2.07. The monoisotopic (exact) mass is 249 g/mol. The zero-order valence-electron chi connectivity index (χ0n) is 9.99. The number of aromatic nitrogens is 3. The van der Waals surface area contributed by atoms with Crippen molar-refractivity contribution in [2.45, 2.75) is 38.6 Å². The predicted octanol–water partition coefficient (Wildman–Crippen LogP) is 3.28. The van der Waals surface area contributed by atoms with Crippen molar-refractivity contribution in [2.24, 2.45) is 5.92 Å². The van der Waals surface area contributed by atoms with Crippen molar-refractivity contribution in [3.05, 3.63) is 23.7 Å². The molecule has 0 atom stereocenters. The quantitative estimate of drug-likeness (QED) is 0.782. The maximum absolute atomic E-state index is 5.98. The van der Waals surface area contributed by atoms with E-state index in [2.05, 4.69) is 14.5 Å². The molecule has 0 aliphatic heterocycles. The molecule has 90 valence electrons. The number of alkyl halides is 1. The average molecular weight is 250 g/mol. The van der Waals surface area contributed by atoms with E-state index >= 15 is 0 Å². The van der Waals surface area contributed by atoms with Crippen LogP contribution in [0, 0.1) is 12.8 Å². The zero-order chi connectivity index (χ0) is 11.8. The van der Waals surface area contributed by atoms with Gasteiger partial charge in [-0.25, -0.2) is 9.97 Å². The van der Waals surface area contributed by atoms with Gasteiger partial charge in [-0.05, 0) is 37.8 Å². The van der Waals surface area contributed by atoms with Gasteiger partial charge in [0.2, 0.25) is 0 Å². The lowest BCUT2D eigenvalue weighted by Crippen LogP contribution is -2.19. The van der Waals surface area contributed by atoms with Crippen LogP contribution in [0.3, 0.4) is 0 Å². The molecule has 0 amide bonds. The van der Waals surface area contributed by atoms with Gasteiger partial charge in [0.05, 0.1) is 5.88 Å². The molecule has 0 bridgehead atoms. The molecular weight excluding hydrogens is 234 g/mol. The number of nitrogens with zero attached hydrogens (tertiary/aromatic N) is 3. The second-order valence-corrected chi connectivity index (χ2v) is 5.13. The summed E-state index contributed by atoms with van der Waals surface area (Å²) in [5, 5.41) is 0. The molecule has 1 saturated carbocycles. The van der Waals surface area contributed by atoms with Crippen LogP contribution in [0.4, 0.5) is 0 Å². The van der Waals surface area contributed by atoms with Crippen LogP contribution < -0.4 is 0 Å². The molecule has 0 spiro atoms. The second kappa shape index (κ2) is 4.30. The third-order valence-corrected chi connectivity index (χ3v) is 3.83. The molecule has 2 heterocycles. The number of hydrogen-bond donors (Lipinski definition) is 0. The first kappa shape index (κ1) is 11.0. The first-order valence-electron chi connectivity index (χ1n) is 6.16. The smallest absolute Gasteiger partial charge is 0.160 e. The second-order valence-electron chi connectivity index (χ2n) is 4.86. The minimum absolute atomic E-state index is 0.460. The van der Waals surface area contributed by atoms with Crippen molar-refractivity contribution in [1.29, 1.82) is 0 Å². The van der Waals surface area contributed by atoms with Gasteiger partial charge in [0.1, 0.15) is 11.3 Å². The summed E-state index contributed by atoms with van der Waals surface area (Å²) in [7, 11) is 0. The van der Waals surface area contributed by atoms with Crippen molar-refractivity contribution in [2.75, 3.05) is 0 Å². The standard InChI is InChI=1S/C13H16ClN3/c1-9-5-6-11-13(15-9)17(12(7-14)16-11)8-10-3-2-4-10/h5-6,10H,2-4,7-8H2,1H3. The minimum Gasteiger partial charge on any atom is -0.311 e. The van der Waals surface area contributed by atoms with E-state index in [1.54, 1.807) is 0 Å². The van der Waals surface area contributed by atoms with E-state index in [1.807, 2.05) is 19.1 Å². The van der Waals surface area contributed by atoms with Crippen molar-refractivity contribution >= 4 is 22.8 Å². The predicted molar refractivity (Wildman–Crippen MR) is 69.2 cm³/mol. The Hall–Kier alpha value is -1.09. The van der Waals surface area contributed by atoms with Crippen LogP contribution in [0.5, 0.6) is 0 Å². The van der Waals surface area contributed by atoms with Crippen molar-refractivity contribution in [3.8, 4) is 0 Å². The van der Waals surface area contributed by atoms with Gasteiger partial charge in [-0.1, -0.05) is 6.42 Å². The Bertz CT molecular complexity index is 543. The van der Waals surface area contributed by atoms with Crippen molar-refractivity contribution in [3.63, 3.8) is 0 Å². The molecular formula is C13H16ClN3. The molecule has 2 aromatic heterocycles. The van der Waals surface area contributed by atoms with E-state index in [-0.39, 0.29) is 0 Å². The third kappa shape index (κ3) is 1.93. The highest BCUT2D eigenvalue weighted by Crippen LogP contribution is 2.29. The highest BCUT2D eigenvalue weighted by atomic mass is 35.5. The molecule has 1 fully saturated rings. The Morgan fingerprint density at radius 3 is 2.82 bits per heavy atom. The molecule has 2 aromatic rings. The van der Waals surface area contributed by atoms with E-state index < -0.39 is 0 Å². The molecule has 17 heavy (non-hydrogen) atoms. The van der Waals surface area contributed by atoms with Crippen molar-refractivity contribution in [1.82, 2.24) is 14.5 Å². The van der Waals surface area contributed by atoms with Crippen LogP contribution in [-0.4, -0.2) is 14.5 Å². The Labute approximate surface area is 106 Å². The summed E-state index contributed by atoms with van der Waals surface area (Å²) in [6.45, 7) is 3.04. The number of halogens is 1. The van der Waals surface area contributed by atoms with Gasteiger partial charge in [-0.2, -0.15) is 0 Å². The molecule has 1 aliphatic carbocycles. The summed E-state index contributed by atoms with van der Waals surface area (Å²) in [5.41, 5.74) is 2.99. The summed E-state index contributed by atoms with van der Waals surface area (Å²) in [5.74, 6) is 2.20. The Kier molecular flexibility index (Phi) is 2.79. The van der Waals surface area contributed by atoms with Crippen LogP contribution in [0.1, 0.15) is 30.8 Å². The molecule has 0 radical (unpaired) electrons. The lowest BCUT2D eigenvalue weighted by Gasteiger charge is -2.26. The molecule has 4 heteroatoms. The number of rotatable bonds is 3. The van der Waals surface area contributed by atoms with E-state index in [0.29, 0.717) is 5.88 Å². The largest absolute Gasteiger partial charge is 0.311 e. The van der Waals surface area contributed by atoms with E-state index in [0.717, 1.165) is 35.1 Å². The van der Waals surface area contributed by atoms with Gasteiger partial charge >= 0.3 is 0 Å². The normalized spacial score (nSPS) is 16.4. The molecule has 0 aromatic carbocycles. The molecule has 0 saturated heterocycles. The number of aryl methyl sites for hydroxylation is 1. The van der Waals surface area contributed by atoms with Crippen LogP contribution in [-0.2, 0) is 12.4 Å². The summed E-state index contributed by atoms with van der Waals surface area (Å²) in [6.07, 6.45) is 4.01. The number of fused-ring (bicyclic) bond motifs is 1. The van der Waals surface area contributed by atoms with E-state index in [1.165, 1.54) is 19.3 Å². The fourth-order valence-electron chi connectivity index (χ4n) is 2.37. The maximum atomic E-state index is 5.98. The lowest BCUT2D eigenvalue weighted by atomic mass is 9.85. The molecule has 3 nitrogen and oxygen atoms in total. The molecule has 0 N–H and O–H groups in total. The topological polar surface area (TPSA) is 30.7 Å². The SMILES string of the molecule is Cc1ccc2nc(CCl)n(CC3CCC3)c2n1. The first-order valence-corrected chi connectivity index (χ1v) is 6.70. The van der Waals surface area contributed by atoms with Gasteiger partial charge in [0.25, 0.3) is 0 Å². The highest BCUT2D eigenvalue weighted by Gasteiger charge is 2.21. The van der Waals surface area contributed by atoms with Gasteiger partial charge < -0.3 is 4.57 Å². The summed E-state index contributed by atoms with van der Waals surface area (Å²) < 4.78 is 2.21. The first-order chi connectivity index (χ1) is 8.28. The third-order valence-electron chi connectivity index (χ3n) is 3.60. The molecule has 3 rings (SSSR count). The summed E-state index contributed by atoms with van der Waals surface area (Å²) in [4.78, 5) is 9.15. The van der Waals surface area contributed by atoms with Crippen molar-refractivity contribution < 1.29 is 0 Å². The highest BCUT2D eigenvalue weighted by molar-refractivity contribution is 6.16. The number of hydrogen-bond acceptors (Lipinski definition) is 2. The Morgan fingerprint density at radius 1 is 1.35 bits per heavy atom. The number of imidazole rings is 1. The summed E-state index contributed by atoms with van der Waals surface area (Å²) in [6, 6.07) is 4.03. The van der Waals surface area contributed by atoms with Crippen LogP contribution in [0.25, 0.3) is 11.2 Å². The van der Waals surface area contributed by atoms with Crippen LogP contribution in [0.2, 0.25) is 0 Å². The average Bonchev–Trinajstić information content (AvgIpc) is 2.61. The maximum Gasteiger partial charge on any atom is 0.160 e. The lowest BCUT2D eigenvalue weighted by molar-refractivity contribution is 0.277. The fraction of sp³-hybridized carbons (Fsp3) is 0.538. The van der Waals surface area contributed by atoms with Crippen LogP contribution >= 0.6 is 11.6 Å². The van der Waals surface area contributed by atoms with Gasteiger partial charge in [-0.3, -0.25) is 0 Å². The van der Waals surface area contributed by atoms with Crippen LogP contribution in [0.15, 0.2) is 12.1 Å². The minimum atomic E-state index is 0.460. The molecule has 1 aliphatic rings. The van der Waals surface area contributed by atoms with E-state index in [4.69, 9.17) is 11.6 Å². The van der Waals surface area contributed by atoms with E-state index in [9.17, 15) is 0 Å². The zero-order valence-corrected chi connectivity index (χ0v) is 10.7. The fourth-order valence-corrected chi connectivity index (χ4v) is 2.57. The van der Waals surface area contributed by atoms with Gasteiger partial charge in [0.15, 0.2) is 5.65 Å². The summed E-state index contributed by atoms with van der Waals surface area (Å²) >= 11 is 5.98.